The number of rotatable bonds is 3. The molecule has 0 bridgehead atoms. The molecule has 3 rings (SSSR count). The first-order valence-electron chi connectivity index (χ1n) is 7.02. The highest BCUT2D eigenvalue weighted by Gasteiger charge is 2.19. The summed E-state index contributed by atoms with van der Waals surface area (Å²) in [6.07, 6.45) is 2.58. The van der Waals surface area contributed by atoms with Crippen molar-refractivity contribution >= 4 is 15.9 Å². The molecular formula is C15H18BrN3O. The van der Waals surface area contributed by atoms with E-state index in [1.807, 2.05) is 24.3 Å². The fourth-order valence-electron chi connectivity index (χ4n) is 2.68. The Balaban J connectivity index is 1.72. The van der Waals surface area contributed by atoms with Crippen LogP contribution in [0.25, 0.3) is 11.5 Å². The Hall–Kier alpha value is -1.20. The maximum atomic E-state index is 5.79. The third-order valence-electron chi connectivity index (χ3n) is 3.67. The van der Waals surface area contributed by atoms with E-state index in [0.29, 0.717) is 11.8 Å². The number of hydrogen-bond donors (Lipinski definition) is 0. The van der Waals surface area contributed by atoms with Gasteiger partial charge in [0.1, 0.15) is 0 Å². The lowest BCUT2D eigenvalue weighted by Gasteiger charge is -2.29. The lowest BCUT2D eigenvalue weighted by molar-refractivity contribution is 0.163. The molecule has 106 valence electrons. The van der Waals surface area contributed by atoms with Gasteiger partial charge in [0.15, 0.2) is 0 Å². The molecule has 0 saturated carbocycles. The normalized spacial score (nSPS) is 20.2. The van der Waals surface area contributed by atoms with E-state index in [-0.39, 0.29) is 0 Å². The maximum Gasteiger partial charge on any atom is 0.248 e. The molecule has 2 aromatic rings. The molecule has 1 aromatic carbocycles. The summed E-state index contributed by atoms with van der Waals surface area (Å²) in [6.45, 7) is 5.29. The number of benzene rings is 1. The van der Waals surface area contributed by atoms with Crippen molar-refractivity contribution in [2.75, 3.05) is 13.1 Å². The van der Waals surface area contributed by atoms with Gasteiger partial charge in [-0.3, -0.25) is 4.90 Å². The largest absolute Gasteiger partial charge is 0.419 e. The standard InChI is InChI=1S/C15H18BrN3O/c1-11-5-4-8-19(9-11)10-14-17-18-15(20-14)12-6-2-3-7-13(12)16/h2-3,6-7,11H,4-5,8-10H2,1H3/t11-/m1/s1. The van der Waals surface area contributed by atoms with E-state index in [0.717, 1.165) is 35.6 Å². The van der Waals surface area contributed by atoms with Crippen LogP contribution in [-0.2, 0) is 6.54 Å². The van der Waals surface area contributed by atoms with Crippen LogP contribution in [-0.4, -0.2) is 28.2 Å². The van der Waals surface area contributed by atoms with Gasteiger partial charge in [-0.25, -0.2) is 0 Å². The summed E-state index contributed by atoms with van der Waals surface area (Å²) >= 11 is 3.51. The summed E-state index contributed by atoms with van der Waals surface area (Å²) in [7, 11) is 0. The predicted octanol–water partition coefficient (Wildman–Crippen LogP) is 3.73. The molecule has 1 fully saturated rings. The fourth-order valence-corrected chi connectivity index (χ4v) is 3.14. The number of piperidine rings is 1. The highest BCUT2D eigenvalue weighted by molar-refractivity contribution is 9.10. The first-order valence-corrected chi connectivity index (χ1v) is 7.81. The minimum atomic E-state index is 0.581. The van der Waals surface area contributed by atoms with E-state index in [1.54, 1.807) is 0 Å². The second-order valence-corrected chi connectivity index (χ2v) is 6.32. The van der Waals surface area contributed by atoms with Gasteiger partial charge >= 0.3 is 0 Å². The van der Waals surface area contributed by atoms with Gasteiger partial charge < -0.3 is 4.42 Å². The molecule has 1 aliphatic heterocycles. The molecule has 0 aliphatic carbocycles. The highest BCUT2D eigenvalue weighted by atomic mass is 79.9. The van der Waals surface area contributed by atoms with Crippen LogP contribution in [0.4, 0.5) is 0 Å². The average Bonchev–Trinajstić information content (AvgIpc) is 2.87. The zero-order valence-electron chi connectivity index (χ0n) is 11.6. The van der Waals surface area contributed by atoms with Crippen LogP contribution in [0.15, 0.2) is 33.2 Å². The summed E-state index contributed by atoms with van der Waals surface area (Å²) in [6, 6.07) is 7.89. The summed E-state index contributed by atoms with van der Waals surface area (Å²) in [5.74, 6) is 2.04. The summed E-state index contributed by atoms with van der Waals surface area (Å²) < 4.78 is 6.77. The highest BCUT2D eigenvalue weighted by Crippen LogP contribution is 2.27. The van der Waals surface area contributed by atoms with Crippen LogP contribution in [0.3, 0.4) is 0 Å². The van der Waals surface area contributed by atoms with Crippen molar-refractivity contribution in [1.29, 1.82) is 0 Å². The molecule has 1 saturated heterocycles. The van der Waals surface area contributed by atoms with Crippen LogP contribution in [0.2, 0.25) is 0 Å². The molecule has 5 heteroatoms. The van der Waals surface area contributed by atoms with E-state index in [9.17, 15) is 0 Å². The first-order chi connectivity index (χ1) is 9.72. The van der Waals surface area contributed by atoms with Gasteiger partial charge in [0.2, 0.25) is 11.8 Å². The Morgan fingerprint density at radius 3 is 3.00 bits per heavy atom. The van der Waals surface area contributed by atoms with Crippen molar-refractivity contribution in [3.05, 3.63) is 34.6 Å². The maximum absolute atomic E-state index is 5.79. The first kappa shape index (κ1) is 13.8. The Labute approximate surface area is 127 Å². The molecule has 1 aromatic heterocycles. The summed E-state index contributed by atoms with van der Waals surface area (Å²) in [5, 5.41) is 8.33. The predicted molar refractivity (Wildman–Crippen MR) is 81.1 cm³/mol. The SMILES string of the molecule is C[C@@H]1CCCN(Cc2nnc(-c3ccccc3Br)o2)C1. The summed E-state index contributed by atoms with van der Waals surface area (Å²) in [5.41, 5.74) is 0.943. The molecule has 0 spiro atoms. The second-order valence-electron chi connectivity index (χ2n) is 5.46. The molecule has 20 heavy (non-hydrogen) atoms. The molecule has 0 unspecified atom stereocenters. The number of hydrogen-bond acceptors (Lipinski definition) is 4. The van der Waals surface area contributed by atoms with Gasteiger partial charge in [-0.2, -0.15) is 0 Å². The van der Waals surface area contributed by atoms with E-state index in [1.165, 1.54) is 12.8 Å². The molecular weight excluding hydrogens is 318 g/mol. The van der Waals surface area contributed by atoms with Crippen molar-refractivity contribution in [2.24, 2.45) is 5.92 Å². The van der Waals surface area contributed by atoms with Crippen LogP contribution in [0, 0.1) is 5.92 Å². The minimum absolute atomic E-state index is 0.581. The zero-order valence-corrected chi connectivity index (χ0v) is 13.1. The third-order valence-corrected chi connectivity index (χ3v) is 4.36. The number of likely N-dealkylation sites (tertiary alicyclic amines) is 1. The van der Waals surface area contributed by atoms with Crippen molar-refractivity contribution < 1.29 is 4.42 Å². The van der Waals surface area contributed by atoms with E-state index >= 15 is 0 Å². The van der Waals surface area contributed by atoms with E-state index in [2.05, 4.69) is 38.0 Å². The van der Waals surface area contributed by atoms with Gasteiger partial charge in [-0.05, 0) is 53.4 Å². The van der Waals surface area contributed by atoms with Gasteiger partial charge in [-0.15, -0.1) is 10.2 Å². The second kappa shape index (κ2) is 6.06. The van der Waals surface area contributed by atoms with Gasteiger partial charge in [0, 0.05) is 11.0 Å². The number of aromatic nitrogens is 2. The quantitative estimate of drug-likeness (QED) is 0.856. The lowest BCUT2D eigenvalue weighted by atomic mass is 10.0. The Morgan fingerprint density at radius 1 is 1.35 bits per heavy atom. The molecule has 1 atom stereocenters. The fraction of sp³-hybridized carbons (Fsp3) is 0.467. The zero-order chi connectivity index (χ0) is 13.9. The van der Waals surface area contributed by atoms with Crippen molar-refractivity contribution in [2.45, 2.75) is 26.3 Å². The molecule has 0 amide bonds. The smallest absolute Gasteiger partial charge is 0.248 e. The molecule has 0 radical (unpaired) electrons. The van der Waals surface area contributed by atoms with Crippen molar-refractivity contribution in [1.82, 2.24) is 15.1 Å². The monoisotopic (exact) mass is 335 g/mol. The molecule has 1 aliphatic rings. The third kappa shape index (κ3) is 3.10. The van der Waals surface area contributed by atoms with Gasteiger partial charge in [-0.1, -0.05) is 19.1 Å². The Morgan fingerprint density at radius 2 is 2.20 bits per heavy atom. The van der Waals surface area contributed by atoms with Crippen molar-refractivity contribution in [3.63, 3.8) is 0 Å². The number of nitrogens with zero attached hydrogens (tertiary/aromatic N) is 3. The average molecular weight is 336 g/mol. The Bertz CT molecular complexity index is 584. The summed E-state index contributed by atoms with van der Waals surface area (Å²) in [4.78, 5) is 2.39. The van der Waals surface area contributed by atoms with Crippen LogP contribution < -0.4 is 0 Å². The van der Waals surface area contributed by atoms with Gasteiger partial charge in [0.25, 0.3) is 0 Å². The molecule has 0 N–H and O–H groups in total. The van der Waals surface area contributed by atoms with Crippen LogP contribution in [0.1, 0.15) is 25.7 Å². The van der Waals surface area contributed by atoms with Crippen LogP contribution in [0.5, 0.6) is 0 Å². The van der Waals surface area contributed by atoms with Gasteiger partial charge in [0.05, 0.1) is 12.1 Å². The van der Waals surface area contributed by atoms with Crippen molar-refractivity contribution in [3.8, 4) is 11.5 Å². The molecule has 2 heterocycles. The Kier molecular flexibility index (Phi) is 4.17. The van der Waals surface area contributed by atoms with Crippen LogP contribution >= 0.6 is 15.9 Å². The molecule has 4 nitrogen and oxygen atoms in total. The number of halogens is 1. The lowest BCUT2D eigenvalue weighted by Crippen LogP contribution is -2.33. The van der Waals surface area contributed by atoms with E-state index < -0.39 is 0 Å². The minimum Gasteiger partial charge on any atom is -0.419 e. The topological polar surface area (TPSA) is 42.2 Å². The van der Waals surface area contributed by atoms with E-state index in [4.69, 9.17) is 4.42 Å².